The maximum absolute atomic E-state index is 12.1. The van der Waals surface area contributed by atoms with Crippen LogP contribution in [0.3, 0.4) is 0 Å². The molecule has 0 unspecified atom stereocenters. The highest BCUT2D eigenvalue weighted by Gasteiger charge is 2.16. The van der Waals surface area contributed by atoms with Gasteiger partial charge >= 0.3 is 0 Å². The van der Waals surface area contributed by atoms with Crippen molar-refractivity contribution in [2.75, 3.05) is 0 Å². The molecule has 2 heterocycles. The van der Waals surface area contributed by atoms with Gasteiger partial charge in [-0.1, -0.05) is 0 Å². The van der Waals surface area contributed by atoms with Gasteiger partial charge in [0, 0.05) is 9.75 Å². The van der Waals surface area contributed by atoms with Gasteiger partial charge in [-0.25, -0.2) is 0 Å². The first-order valence-corrected chi connectivity index (χ1v) is 7.60. The van der Waals surface area contributed by atoms with Gasteiger partial charge in [-0.3, -0.25) is 4.79 Å². The predicted molar refractivity (Wildman–Crippen MR) is 78.7 cm³/mol. The SMILES string of the molecule is Cc1cc([C@@H](C)NC(=O)c2sccc2C)c(C)s1. The zero-order valence-electron chi connectivity index (χ0n) is 11.0. The van der Waals surface area contributed by atoms with E-state index in [0.29, 0.717) is 0 Å². The molecule has 2 aromatic rings. The Labute approximate surface area is 116 Å². The topological polar surface area (TPSA) is 29.1 Å². The van der Waals surface area contributed by atoms with Gasteiger partial charge < -0.3 is 5.32 Å². The molecule has 0 spiro atoms. The second-order valence-electron chi connectivity index (χ2n) is 4.50. The zero-order valence-corrected chi connectivity index (χ0v) is 12.7. The zero-order chi connectivity index (χ0) is 13.3. The van der Waals surface area contributed by atoms with E-state index in [4.69, 9.17) is 0 Å². The predicted octanol–water partition coefficient (Wildman–Crippen LogP) is 4.23. The Morgan fingerprint density at radius 1 is 1.33 bits per heavy atom. The average molecular weight is 279 g/mol. The van der Waals surface area contributed by atoms with Crippen molar-refractivity contribution in [1.29, 1.82) is 0 Å². The molecule has 2 rings (SSSR count). The molecule has 2 nitrogen and oxygen atoms in total. The Morgan fingerprint density at radius 2 is 2.06 bits per heavy atom. The summed E-state index contributed by atoms with van der Waals surface area (Å²) in [4.78, 5) is 15.5. The largest absolute Gasteiger partial charge is 0.345 e. The number of carbonyl (C=O) groups is 1. The average Bonchev–Trinajstić information content (AvgIpc) is 2.84. The first-order valence-electron chi connectivity index (χ1n) is 5.91. The summed E-state index contributed by atoms with van der Waals surface area (Å²) >= 11 is 3.27. The summed E-state index contributed by atoms with van der Waals surface area (Å²) in [5.41, 5.74) is 2.27. The molecule has 0 aliphatic heterocycles. The van der Waals surface area contributed by atoms with Crippen LogP contribution in [0.25, 0.3) is 0 Å². The fourth-order valence-corrected chi connectivity index (χ4v) is 3.88. The first kappa shape index (κ1) is 13.3. The van der Waals surface area contributed by atoms with Crippen LogP contribution in [0.2, 0.25) is 0 Å². The number of hydrogen-bond acceptors (Lipinski definition) is 3. The lowest BCUT2D eigenvalue weighted by Gasteiger charge is -2.13. The van der Waals surface area contributed by atoms with Crippen molar-refractivity contribution in [1.82, 2.24) is 5.32 Å². The van der Waals surface area contributed by atoms with Crippen LogP contribution in [0.15, 0.2) is 17.5 Å². The summed E-state index contributed by atoms with van der Waals surface area (Å²) in [5.74, 6) is 0.0262. The number of thiophene rings is 2. The Balaban J connectivity index is 2.13. The summed E-state index contributed by atoms with van der Waals surface area (Å²) < 4.78 is 0. The van der Waals surface area contributed by atoms with Gasteiger partial charge in [0.1, 0.15) is 0 Å². The monoisotopic (exact) mass is 279 g/mol. The van der Waals surface area contributed by atoms with Gasteiger partial charge in [0.15, 0.2) is 0 Å². The Hall–Kier alpha value is -1.13. The van der Waals surface area contributed by atoms with E-state index >= 15 is 0 Å². The van der Waals surface area contributed by atoms with Gasteiger partial charge in [0.05, 0.1) is 10.9 Å². The number of amides is 1. The van der Waals surface area contributed by atoms with Crippen molar-refractivity contribution in [3.05, 3.63) is 43.3 Å². The molecule has 2 aromatic heterocycles. The van der Waals surface area contributed by atoms with Crippen molar-refractivity contribution in [2.24, 2.45) is 0 Å². The third kappa shape index (κ3) is 2.65. The molecule has 0 aromatic carbocycles. The van der Waals surface area contributed by atoms with E-state index < -0.39 is 0 Å². The van der Waals surface area contributed by atoms with Crippen molar-refractivity contribution in [3.8, 4) is 0 Å². The summed E-state index contributed by atoms with van der Waals surface area (Å²) in [6, 6.07) is 4.19. The van der Waals surface area contributed by atoms with E-state index in [1.165, 1.54) is 26.7 Å². The minimum Gasteiger partial charge on any atom is -0.345 e. The van der Waals surface area contributed by atoms with Crippen LogP contribution in [-0.2, 0) is 0 Å². The van der Waals surface area contributed by atoms with Crippen LogP contribution in [0.5, 0.6) is 0 Å². The van der Waals surface area contributed by atoms with Gasteiger partial charge in [-0.15, -0.1) is 22.7 Å². The third-order valence-corrected chi connectivity index (χ3v) is 4.96. The van der Waals surface area contributed by atoms with Crippen LogP contribution in [0, 0.1) is 20.8 Å². The highest BCUT2D eigenvalue weighted by molar-refractivity contribution is 7.12. The van der Waals surface area contributed by atoms with Gasteiger partial charge in [0.25, 0.3) is 5.91 Å². The van der Waals surface area contributed by atoms with Crippen molar-refractivity contribution in [2.45, 2.75) is 33.7 Å². The summed E-state index contributed by atoms with van der Waals surface area (Å²) in [6.45, 7) is 8.20. The number of aryl methyl sites for hydroxylation is 3. The summed E-state index contributed by atoms with van der Waals surface area (Å²) in [7, 11) is 0. The maximum Gasteiger partial charge on any atom is 0.262 e. The van der Waals surface area contributed by atoms with E-state index in [0.717, 1.165) is 10.4 Å². The Kier molecular flexibility index (Phi) is 3.88. The van der Waals surface area contributed by atoms with E-state index in [9.17, 15) is 4.79 Å². The fraction of sp³-hybridized carbons (Fsp3) is 0.357. The molecular weight excluding hydrogens is 262 g/mol. The van der Waals surface area contributed by atoms with Gasteiger partial charge in [-0.05, 0) is 56.3 Å². The highest BCUT2D eigenvalue weighted by atomic mass is 32.1. The lowest BCUT2D eigenvalue weighted by atomic mass is 10.1. The number of nitrogens with one attached hydrogen (secondary N) is 1. The molecule has 0 saturated carbocycles. The first-order chi connectivity index (χ1) is 8.49. The minimum atomic E-state index is 0.0262. The normalized spacial score (nSPS) is 12.4. The van der Waals surface area contributed by atoms with Crippen LogP contribution in [0.4, 0.5) is 0 Å². The fourth-order valence-electron chi connectivity index (χ4n) is 2.03. The Morgan fingerprint density at radius 3 is 2.56 bits per heavy atom. The highest BCUT2D eigenvalue weighted by Crippen LogP contribution is 2.26. The molecule has 96 valence electrons. The smallest absolute Gasteiger partial charge is 0.262 e. The standard InChI is InChI=1S/C14H17NOS2/c1-8-5-6-17-13(8)14(16)15-10(3)12-7-9(2)18-11(12)4/h5-7,10H,1-4H3,(H,15,16)/t10-/m1/s1. The van der Waals surface area contributed by atoms with Crippen LogP contribution in [0.1, 0.15) is 43.5 Å². The number of hydrogen-bond donors (Lipinski definition) is 1. The van der Waals surface area contributed by atoms with Crippen molar-refractivity contribution < 1.29 is 4.79 Å². The molecule has 0 aliphatic rings. The van der Waals surface area contributed by atoms with Crippen molar-refractivity contribution in [3.63, 3.8) is 0 Å². The van der Waals surface area contributed by atoms with Crippen LogP contribution >= 0.6 is 22.7 Å². The van der Waals surface area contributed by atoms with E-state index in [1.807, 2.05) is 25.3 Å². The van der Waals surface area contributed by atoms with Crippen LogP contribution < -0.4 is 5.32 Å². The number of rotatable bonds is 3. The van der Waals surface area contributed by atoms with Crippen LogP contribution in [-0.4, -0.2) is 5.91 Å². The molecule has 18 heavy (non-hydrogen) atoms. The quantitative estimate of drug-likeness (QED) is 0.895. The lowest BCUT2D eigenvalue weighted by molar-refractivity contribution is 0.0943. The second kappa shape index (κ2) is 5.24. The third-order valence-electron chi connectivity index (χ3n) is 2.96. The Bertz CT molecular complexity index is 568. The summed E-state index contributed by atoms with van der Waals surface area (Å²) in [6.07, 6.45) is 0. The molecule has 1 N–H and O–H groups in total. The molecule has 0 aliphatic carbocycles. The van der Waals surface area contributed by atoms with E-state index in [1.54, 1.807) is 11.3 Å². The molecule has 0 saturated heterocycles. The molecule has 1 atom stereocenters. The molecule has 0 bridgehead atoms. The van der Waals surface area contributed by atoms with E-state index in [-0.39, 0.29) is 11.9 Å². The van der Waals surface area contributed by atoms with E-state index in [2.05, 4.69) is 25.2 Å². The van der Waals surface area contributed by atoms with Crippen molar-refractivity contribution >= 4 is 28.6 Å². The van der Waals surface area contributed by atoms with Gasteiger partial charge in [-0.2, -0.15) is 0 Å². The molecular formula is C14H17NOS2. The number of carbonyl (C=O) groups excluding carboxylic acids is 1. The molecule has 1 amide bonds. The summed E-state index contributed by atoms with van der Waals surface area (Å²) in [5, 5.41) is 5.02. The molecule has 4 heteroatoms. The minimum absolute atomic E-state index is 0.0262. The van der Waals surface area contributed by atoms with Gasteiger partial charge in [0.2, 0.25) is 0 Å². The molecule has 0 fully saturated rings. The maximum atomic E-state index is 12.1. The second-order valence-corrected chi connectivity index (χ2v) is 6.87. The lowest BCUT2D eigenvalue weighted by Crippen LogP contribution is -2.26. The molecule has 0 radical (unpaired) electrons.